The molecule has 0 saturated carbocycles. The van der Waals surface area contributed by atoms with E-state index in [4.69, 9.17) is 9.47 Å². The van der Waals surface area contributed by atoms with Crippen molar-refractivity contribution in [2.24, 2.45) is 7.05 Å². The van der Waals surface area contributed by atoms with Gasteiger partial charge in [-0.1, -0.05) is 24.3 Å². The number of para-hydroxylation sites is 1. The normalized spacial score (nSPS) is 11.7. The standard InChI is InChI=1S/C24H27N3O5/c1-15-11-12-20(13-16(15)2)31-14-21(28)32-18(4)23(29)25-22-17(3)26(5)27(24(22)30)19-9-7-6-8-10-19/h6-13,18H,14H2,1-5H3,(H,25,29). The van der Waals surface area contributed by atoms with Gasteiger partial charge in [0.05, 0.1) is 11.4 Å². The number of hydrogen-bond acceptors (Lipinski definition) is 5. The summed E-state index contributed by atoms with van der Waals surface area (Å²) in [5, 5.41) is 2.59. The Morgan fingerprint density at radius 2 is 1.72 bits per heavy atom. The molecule has 8 nitrogen and oxygen atoms in total. The molecule has 168 valence electrons. The average molecular weight is 437 g/mol. The molecule has 0 aliphatic rings. The van der Waals surface area contributed by atoms with Gasteiger partial charge in [-0.05, 0) is 63.1 Å². The number of carbonyl (C=O) groups excluding carboxylic acids is 2. The maximum atomic E-state index is 12.9. The third-order valence-electron chi connectivity index (χ3n) is 5.31. The number of benzene rings is 2. The highest BCUT2D eigenvalue weighted by molar-refractivity contribution is 5.95. The van der Waals surface area contributed by atoms with Gasteiger partial charge in [-0.25, -0.2) is 9.48 Å². The molecule has 0 spiro atoms. The van der Waals surface area contributed by atoms with Crippen LogP contribution in [0.2, 0.25) is 0 Å². The summed E-state index contributed by atoms with van der Waals surface area (Å²) in [7, 11) is 1.73. The lowest BCUT2D eigenvalue weighted by atomic mass is 10.1. The van der Waals surface area contributed by atoms with Crippen molar-refractivity contribution in [1.29, 1.82) is 0 Å². The van der Waals surface area contributed by atoms with E-state index in [1.165, 1.54) is 11.6 Å². The molecule has 1 atom stereocenters. The number of anilines is 1. The molecule has 0 bridgehead atoms. The molecule has 8 heteroatoms. The smallest absolute Gasteiger partial charge is 0.344 e. The Kier molecular flexibility index (Phi) is 6.82. The lowest BCUT2D eigenvalue weighted by Gasteiger charge is -2.13. The van der Waals surface area contributed by atoms with Crippen LogP contribution in [0.15, 0.2) is 53.3 Å². The van der Waals surface area contributed by atoms with Gasteiger partial charge >= 0.3 is 5.97 Å². The van der Waals surface area contributed by atoms with Crippen LogP contribution in [-0.4, -0.2) is 34.0 Å². The first-order valence-corrected chi connectivity index (χ1v) is 10.2. The summed E-state index contributed by atoms with van der Waals surface area (Å²) in [6.45, 7) is 6.77. The fourth-order valence-electron chi connectivity index (χ4n) is 3.17. The molecule has 1 aromatic heterocycles. The molecule has 0 radical (unpaired) electrons. The summed E-state index contributed by atoms with van der Waals surface area (Å²) in [6.07, 6.45) is -1.10. The Morgan fingerprint density at radius 1 is 1.03 bits per heavy atom. The zero-order valence-corrected chi connectivity index (χ0v) is 18.8. The van der Waals surface area contributed by atoms with Crippen molar-refractivity contribution in [3.05, 3.63) is 75.7 Å². The summed E-state index contributed by atoms with van der Waals surface area (Å²) >= 11 is 0. The third kappa shape index (κ3) is 4.91. The van der Waals surface area contributed by atoms with Crippen molar-refractivity contribution < 1.29 is 19.1 Å². The number of esters is 1. The Labute approximate surface area is 186 Å². The van der Waals surface area contributed by atoms with Crippen LogP contribution in [0, 0.1) is 20.8 Å². The summed E-state index contributed by atoms with van der Waals surface area (Å²) in [5.74, 6) is -0.739. The predicted octanol–water partition coefficient (Wildman–Crippen LogP) is 3.05. The minimum Gasteiger partial charge on any atom is -0.482 e. The van der Waals surface area contributed by atoms with Crippen molar-refractivity contribution >= 4 is 17.6 Å². The highest BCUT2D eigenvalue weighted by Gasteiger charge is 2.23. The van der Waals surface area contributed by atoms with E-state index in [1.54, 1.807) is 36.9 Å². The molecule has 1 heterocycles. The number of amides is 1. The molecule has 0 aliphatic heterocycles. The zero-order chi connectivity index (χ0) is 23.4. The van der Waals surface area contributed by atoms with E-state index in [0.29, 0.717) is 17.1 Å². The van der Waals surface area contributed by atoms with Crippen LogP contribution in [0.3, 0.4) is 0 Å². The zero-order valence-electron chi connectivity index (χ0n) is 18.8. The molecular weight excluding hydrogens is 410 g/mol. The van der Waals surface area contributed by atoms with E-state index in [-0.39, 0.29) is 17.9 Å². The molecule has 3 rings (SSSR count). The summed E-state index contributed by atoms with van der Waals surface area (Å²) < 4.78 is 13.7. The minimum atomic E-state index is -1.10. The third-order valence-corrected chi connectivity index (χ3v) is 5.31. The number of hydrogen-bond donors (Lipinski definition) is 1. The Bertz CT molecular complexity index is 1190. The van der Waals surface area contributed by atoms with E-state index in [2.05, 4.69) is 5.32 Å². The molecule has 32 heavy (non-hydrogen) atoms. The van der Waals surface area contributed by atoms with Gasteiger partial charge in [-0.15, -0.1) is 0 Å². The van der Waals surface area contributed by atoms with E-state index in [0.717, 1.165) is 11.1 Å². The van der Waals surface area contributed by atoms with Crippen molar-refractivity contribution in [3.63, 3.8) is 0 Å². The maximum Gasteiger partial charge on any atom is 0.344 e. The van der Waals surface area contributed by atoms with Crippen LogP contribution in [0.25, 0.3) is 5.69 Å². The molecule has 1 N–H and O–H groups in total. The van der Waals surface area contributed by atoms with Gasteiger partial charge in [0.15, 0.2) is 12.7 Å². The second kappa shape index (κ2) is 9.55. The van der Waals surface area contributed by atoms with E-state index < -0.39 is 18.0 Å². The molecule has 1 amide bonds. The monoisotopic (exact) mass is 437 g/mol. The summed E-state index contributed by atoms with van der Waals surface area (Å²) in [5.41, 5.74) is 3.17. The first-order valence-electron chi connectivity index (χ1n) is 10.2. The molecule has 0 fully saturated rings. The maximum absolute atomic E-state index is 12.9. The van der Waals surface area contributed by atoms with Crippen LogP contribution in [-0.2, 0) is 21.4 Å². The van der Waals surface area contributed by atoms with Crippen LogP contribution in [0.5, 0.6) is 5.75 Å². The second-order valence-corrected chi connectivity index (χ2v) is 7.59. The Balaban J connectivity index is 1.64. The number of nitrogens with one attached hydrogen (secondary N) is 1. The number of carbonyl (C=O) groups is 2. The lowest BCUT2D eigenvalue weighted by Crippen LogP contribution is -2.33. The fourth-order valence-corrected chi connectivity index (χ4v) is 3.17. The number of aryl methyl sites for hydroxylation is 2. The van der Waals surface area contributed by atoms with Gasteiger partial charge < -0.3 is 14.8 Å². The van der Waals surface area contributed by atoms with Gasteiger partial charge in [0.2, 0.25) is 0 Å². The number of nitrogens with zero attached hydrogens (tertiary/aromatic N) is 2. The highest BCUT2D eigenvalue weighted by atomic mass is 16.6. The van der Waals surface area contributed by atoms with Gasteiger partial charge in [-0.2, -0.15) is 0 Å². The molecular formula is C24H27N3O5. The van der Waals surface area contributed by atoms with Crippen molar-refractivity contribution in [2.75, 3.05) is 11.9 Å². The van der Waals surface area contributed by atoms with E-state index in [9.17, 15) is 14.4 Å². The number of rotatable bonds is 7. The van der Waals surface area contributed by atoms with Crippen molar-refractivity contribution in [1.82, 2.24) is 9.36 Å². The van der Waals surface area contributed by atoms with Gasteiger partial charge in [0.1, 0.15) is 11.4 Å². The van der Waals surface area contributed by atoms with E-state index >= 15 is 0 Å². The first kappa shape index (κ1) is 22.9. The average Bonchev–Trinajstić information content (AvgIpc) is 2.98. The fraction of sp³-hybridized carbons (Fsp3) is 0.292. The van der Waals surface area contributed by atoms with Gasteiger partial charge in [0, 0.05) is 7.05 Å². The van der Waals surface area contributed by atoms with Crippen molar-refractivity contribution in [3.8, 4) is 11.4 Å². The highest BCUT2D eigenvalue weighted by Crippen LogP contribution is 2.17. The molecule has 0 aliphatic carbocycles. The SMILES string of the molecule is Cc1ccc(OCC(=O)OC(C)C(=O)Nc2c(C)n(C)n(-c3ccccc3)c2=O)cc1C. The number of aromatic nitrogens is 2. The van der Waals surface area contributed by atoms with Crippen LogP contribution >= 0.6 is 0 Å². The summed E-state index contributed by atoms with van der Waals surface area (Å²) in [6, 6.07) is 14.6. The quantitative estimate of drug-likeness (QED) is 0.574. The minimum absolute atomic E-state index is 0.135. The second-order valence-electron chi connectivity index (χ2n) is 7.59. The first-order chi connectivity index (χ1) is 15.2. The molecule has 2 aromatic carbocycles. The molecule has 0 saturated heterocycles. The van der Waals surface area contributed by atoms with E-state index in [1.807, 2.05) is 44.2 Å². The Morgan fingerprint density at radius 3 is 2.38 bits per heavy atom. The summed E-state index contributed by atoms with van der Waals surface area (Å²) in [4.78, 5) is 37.6. The lowest BCUT2D eigenvalue weighted by molar-refractivity contribution is -0.155. The Hall–Kier alpha value is -3.81. The largest absolute Gasteiger partial charge is 0.482 e. The molecule has 1 unspecified atom stereocenters. The van der Waals surface area contributed by atoms with Gasteiger partial charge in [0.25, 0.3) is 11.5 Å². The topological polar surface area (TPSA) is 91.6 Å². The molecule has 3 aromatic rings. The number of ether oxygens (including phenoxy) is 2. The van der Waals surface area contributed by atoms with Crippen LogP contribution in [0.1, 0.15) is 23.7 Å². The van der Waals surface area contributed by atoms with Crippen LogP contribution in [0.4, 0.5) is 5.69 Å². The predicted molar refractivity (Wildman–Crippen MR) is 121 cm³/mol. The van der Waals surface area contributed by atoms with Crippen molar-refractivity contribution in [2.45, 2.75) is 33.8 Å². The van der Waals surface area contributed by atoms with Gasteiger partial charge in [-0.3, -0.25) is 14.3 Å². The van der Waals surface area contributed by atoms with Crippen LogP contribution < -0.4 is 15.6 Å².